The highest BCUT2D eigenvalue weighted by Gasteiger charge is 2.32. The lowest BCUT2D eigenvalue weighted by Crippen LogP contribution is -2.26. The standard InChI is InChI=1S/C20H20BrIN2OS/c1-20(2,3)12-4-5-13-14(9-23)19(26-17(13)8-12)24-10-11-6-15(21)18(25)16(22)7-11/h6-7,10,12,25H,4-5,8H2,1-3H3/t12-/m0/s1. The Bertz CT molecular complexity index is 898. The van der Waals surface area contributed by atoms with Gasteiger partial charge in [-0.2, -0.15) is 5.26 Å². The van der Waals surface area contributed by atoms with E-state index in [1.807, 2.05) is 12.1 Å². The Balaban J connectivity index is 1.93. The van der Waals surface area contributed by atoms with Gasteiger partial charge in [0.05, 0.1) is 13.6 Å². The van der Waals surface area contributed by atoms with Gasteiger partial charge in [-0.05, 0) is 92.4 Å². The number of halogens is 2. The third-order valence-corrected chi connectivity index (χ3v) is 7.54. The number of benzene rings is 1. The molecule has 0 spiro atoms. The minimum Gasteiger partial charge on any atom is -0.506 e. The number of rotatable bonds is 2. The molecular formula is C20H20BrIN2OS. The molecule has 26 heavy (non-hydrogen) atoms. The van der Waals surface area contributed by atoms with Gasteiger partial charge in [0.25, 0.3) is 0 Å². The quantitative estimate of drug-likeness (QED) is 0.343. The van der Waals surface area contributed by atoms with E-state index in [0.29, 0.717) is 10.4 Å². The third kappa shape index (κ3) is 4.00. The van der Waals surface area contributed by atoms with Crippen LogP contribution in [0.4, 0.5) is 5.00 Å². The van der Waals surface area contributed by atoms with Crippen LogP contribution in [0.5, 0.6) is 5.75 Å². The number of phenols is 1. The SMILES string of the molecule is CC(C)(C)[C@H]1CCc2c(sc(N=Cc3cc(Br)c(O)c(I)c3)c2C#N)C1. The van der Waals surface area contributed by atoms with Gasteiger partial charge in [-0.25, -0.2) is 4.99 Å². The van der Waals surface area contributed by atoms with Gasteiger partial charge in [0.15, 0.2) is 0 Å². The fourth-order valence-electron chi connectivity index (χ4n) is 3.31. The Morgan fingerprint density at radius 3 is 2.77 bits per heavy atom. The van der Waals surface area contributed by atoms with Crippen LogP contribution in [0.15, 0.2) is 21.6 Å². The van der Waals surface area contributed by atoms with Crippen molar-refractivity contribution in [3.05, 3.63) is 41.7 Å². The molecule has 0 bridgehead atoms. The summed E-state index contributed by atoms with van der Waals surface area (Å²) >= 11 is 7.10. The molecule has 6 heteroatoms. The second kappa shape index (κ2) is 7.61. The van der Waals surface area contributed by atoms with Gasteiger partial charge in [-0.3, -0.25) is 0 Å². The van der Waals surface area contributed by atoms with Crippen molar-refractivity contribution >= 4 is 61.1 Å². The number of fused-ring (bicyclic) bond motifs is 1. The molecular weight excluding hydrogens is 523 g/mol. The van der Waals surface area contributed by atoms with Gasteiger partial charge in [0, 0.05) is 11.1 Å². The van der Waals surface area contributed by atoms with Crippen LogP contribution >= 0.6 is 49.9 Å². The molecule has 1 heterocycles. The monoisotopic (exact) mass is 542 g/mol. The van der Waals surface area contributed by atoms with Gasteiger partial charge in [0.2, 0.25) is 0 Å². The molecule has 3 rings (SSSR count). The van der Waals surface area contributed by atoms with E-state index in [1.165, 1.54) is 10.4 Å². The molecule has 0 saturated carbocycles. The van der Waals surface area contributed by atoms with Gasteiger partial charge in [-0.15, -0.1) is 11.3 Å². The number of phenolic OH excluding ortho intramolecular Hbond substituents is 1. The number of nitriles is 1. The number of hydrogen-bond acceptors (Lipinski definition) is 4. The van der Waals surface area contributed by atoms with E-state index in [2.05, 4.69) is 70.4 Å². The van der Waals surface area contributed by atoms with Crippen molar-refractivity contribution in [1.82, 2.24) is 0 Å². The normalized spacial score (nSPS) is 17.3. The molecule has 0 radical (unpaired) electrons. The molecule has 1 aliphatic rings. The van der Waals surface area contributed by atoms with Crippen molar-refractivity contribution in [2.75, 3.05) is 0 Å². The molecule has 0 amide bonds. The Hall–Kier alpha value is -0.910. The molecule has 0 saturated heterocycles. The van der Waals surface area contributed by atoms with Crippen LogP contribution in [-0.4, -0.2) is 11.3 Å². The van der Waals surface area contributed by atoms with Crippen LogP contribution in [-0.2, 0) is 12.8 Å². The summed E-state index contributed by atoms with van der Waals surface area (Å²) in [6.45, 7) is 6.89. The van der Waals surface area contributed by atoms with Crippen LogP contribution in [0.3, 0.4) is 0 Å². The molecule has 0 aliphatic heterocycles. The van der Waals surface area contributed by atoms with Crippen molar-refractivity contribution in [2.45, 2.75) is 40.0 Å². The molecule has 1 N–H and O–H groups in total. The lowest BCUT2D eigenvalue weighted by Gasteiger charge is -2.33. The second-order valence-corrected chi connectivity index (χ2v) is 10.8. The van der Waals surface area contributed by atoms with Crippen molar-refractivity contribution in [1.29, 1.82) is 5.26 Å². The third-order valence-electron chi connectivity index (χ3n) is 4.95. The number of hydrogen-bond donors (Lipinski definition) is 1. The van der Waals surface area contributed by atoms with Crippen molar-refractivity contribution < 1.29 is 5.11 Å². The summed E-state index contributed by atoms with van der Waals surface area (Å²) < 4.78 is 1.40. The Morgan fingerprint density at radius 2 is 2.15 bits per heavy atom. The molecule has 1 atom stereocenters. The van der Waals surface area contributed by atoms with E-state index in [4.69, 9.17) is 0 Å². The molecule has 2 aromatic rings. The molecule has 1 aliphatic carbocycles. The zero-order valence-electron chi connectivity index (χ0n) is 14.9. The molecule has 1 aromatic carbocycles. The van der Waals surface area contributed by atoms with E-state index < -0.39 is 0 Å². The Labute approximate surface area is 180 Å². The minimum absolute atomic E-state index is 0.236. The molecule has 136 valence electrons. The van der Waals surface area contributed by atoms with E-state index >= 15 is 0 Å². The van der Waals surface area contributed by atoms with E-state index in [9.17, 15) is 10.4 Å². The first-order chi connectivity index (χ1) is 12.2. The first-order valence-electron chi connectivity index (χ1n) is 8.47. The zero-order valence-corrected chi connectivity index (χ0v) is 19.5. The summed E-state index contributed by atoms with van der Waals surface area (Å²) in [4.78, 5) is 5.94. The fraction of sp³-hybridized carbons (Fsp3) is 0.400. The number of thiophene rings is 1. The van der Waals surface area contributed by atoms with Crippen LogP contribution < -0.4 is 0 Å². The maximum absolute atomic E-state index is 9.86. The van der Waals surface area contributed by atoms with Crippen LogP contribution in [0.25, 0.3) is 0 Å². The smallest absolute Gasteiger partial charge is 0.143 e. The van der Waals surface area contributed by atoms with Gasteiger partial charge < -0.3 is 5.11 Å². The van der Waals surface area contributed by atoms with E-state index in [0.717, 1.165) is 39.0 Å². The highest BCUT2D eigenvalue weighted by molar-refractivity contribution is 14.1. The Kier molecular flexibility index (Phi) is 5.80. The molecule has 1 aromatic heterocycles. The lowest BCUT2D eigenvalue weighted by atomic mass is 9.72. The second-order valence-electron chi connectivity index (χ2n) is 7.69. The average molecular weight is 543 g/mol. The summed E-state index contributed by atoms with van der Waals surface area (Å²) in [7, 11) is 0. The van der Waals surface area contributed by atoms with Crippen LogP contribution in [0.2, 0.25) is 0 Å². The molecule has 0 unspecified atom stereocenters. The fourth-order valence-corrected chi connectivity index (χ4v) is 6.03. The van der Waals surface area contributed by atoms with Crippen molar-refractivity contribution in [2.24, 2.45) is 16.3 Å². The van der Waals surface area contributed by atoms with Gasteiger partial charge in [0.1, 0.15) is 16.8 Å². The van der Waals surface area contributed by atoms with Gasteiger partial charge >= 0.3 is 0 Å². The zero-order chi connectivity index (χ0) is 19.1. The minimum atomic E-state index is 0.236. The predicted octanol–water partition coefficient (Wildman–Crippen LogP) is 6.59. The highest BCUT2D eigenvalue weighted by Crippen LogP contribution is 2.45. The Morgan fingerprint density at radius 1 is 1.42 bits per heavy atom. The largest absolute Gasteiger partial charge is 0.506 e. The number of aliphatic imine (C=N–C) groups is 1. The molecule has 0 fully saturated rings. The average Bonchev–Trinajstić information content (AvgIpc) is 2.93. The summed E-state index contributed by atoms with van der Waals surface area (Å²) in [5, 5.41) is 20.3. The lowest BCUT2D eigenvalue weighted by molar-refractivity contribution is 0.218. The maximum Gasteiger partial charge on any atom is 0.143 e. The number of nitrogens with zero attached hydrogens (tertiary/aromatic N) is 2. The van der Waals surface area contributed by atoms with Crippen LogP contribution in [0.1, 0.15) is 48.8 Å². The van der Waals surface area contributed by atoms with E-state index in [-0.39, 0.29) is 11.2 Å². The summed E-state index contributed by atoms with van der Waals surface area (Å²) in [6, 6.07) is 6.08. The number of aromatic hydroxyl groups is 1. The first-order valence-corrected chi connectivity index (χ1v) is 11.2. The summed E-state index contributed by atoms with van der Waals surface area (Å²) in [5.41, 5.74) is 3.11. The molecule has 3 nitrogen and oxygen atoms in total. The highest BCUT2D eigenvalue weighted by atomic mass is 127. The topological polar surface area (TPSA) is 56.4 Å². The maximum atomic E-state index is 9.86. The predicted molar refractivity (Wildman–Crippen MR) is 120 cm³/mol. The van der Waals surface area contributed by atoms with Gasteiger partial charge in [-0.1, -0.05) is 20.8 Å². The van der Waals surface area contributed by atoms with E-state index in [1.54, 1.807) is 17.6 Å². The summed E-state index contributed by atoms with van der Waals surface area (Å²) in [6.07, 6.45) is 4.91. The van der Waals surface area contributed by atoms with Crippen molar-refractivity contribution in [3.8, 4) is 11.8 Å². The first kappa shape index (κ1) is 19.8. The van der Waals surface area contributed by atoms with Crippen LogP contribution in [0, 0.1) is 26.2 Å². The van der Waals surface area contributed by atoms with Crippen molar-refractivity contribution in [3.63, 3.8) is 0 Å². The summed E-state index contributed by atoms with van der Waals surface area (Å²) in [5.74, 6) is 0.881.